The smallest absolute Gasteiger partial charge is 0.332 e. The van der Waals surface area contributed by atoms with Crippen molar-refractivity contribution in [3.05, 3.63) is 81.1 Å². The zero-order chi connectivity index (χ0) is 19.9. The quantitative estimate of drug-likeness (QED) is 0.497. The normalized spacial score (nSPS) is 11.7. The minimum absolute atomic E-state index is 0.384. The Labute approximate surface area is 170 Å². The highest BCUT2D eigenvalue weighted by Gasteiger charge is 2.14. The van der Waals surface area contributed by atoms with E-state index in [-0.39, 0.29) is 0 Å². The number of imidazole rings is 1. The molecule has 0 aliphatic carbocycles. The molecule has 0 amide bonds. The molecule has 4 nitrogen and oxygen atoms in total. The summed E-state index contributed by atoms with van der Waals surface area (Å²) in [6.07, 6.45) is 7.06. The topological polar surface area (TPSA) is 55.1 Å². The number of aryl methyl sites for hydroxylation is 2. The summed E-state index contributed by atoms with van der Waals surface area (Å²) in [5, 5.41) is 11.7. The van der Waals surface area contributed by atoms with Crippen molar-refractivity contribution in [2.45, 2.75) is 46.1 Å². The maximum atomic E-state index is 11.8. The van der Waals surface area contributed by atoms with Crippen LogP contribution in [0.25, 0.3) is 6.08 Å². The van der Waals surface area contributed by atoms with Gasteiger partial charge in [-0.25, -0.2) is 9.78 Å². The van der Waals surface area contributed by atoms with Crippen LogP contribution in [0.4, 0.5) is 0 Å². The van der Waals surface area contributed by atoms with Crippen LogP contribution in [-0.2, 0) is 24.2 Å². The summed E-state index contributed by atoms with van der Waals surface area (Å²) in [7, 11) is 0. The first kappa shape index (κ1) is 20.1. The van der Waals surface area contributed by atoms with Crippen LogP contribution >= 0.6 is 11.3 Å². The minimum atomic E-state index is -0.883. The molecule has 0 aliphatic heterocycles. The molecule has 1 N–H and O–H groups in total. The highest BCUT2D eigenvalue weighted by atomic mass is 32.1. The van der Waals surface area contributed by atoms with E-state index < -0.39 is 5.97 Å². The standard InChI is InChI=1S/C23H26N2O2S/c1-3-4-7-22-24-15-20(25(22)16-18-10-8-17(2)9-11-18)13-19(23(26)27)14-21-6-5-12-28-21/h5-6,8-13,15H,3-4,7,14,16H2,1-2H3,(H,26,27)/b19-13+. The van der Waals surface area contributed by atoms with Crippen molar-refractivity contribution in [3.8, 4) is 0 Å². The third kappa shape index (κ3) is 5.20. The van der Waals surface area contributed by atoms with Crippen LogP contribution in [0.15, 0.2) is 53.5 Å². The van der Waals surface area contributed by atoms with E-state index in [0.29, 0.717) is 18.5 Å². The van der Waals surface area contributed by atoms with Crippen molar-refractivity contribution in [2.24, 2.45) is 0 Å². The zero-order valence-corrected chi connectivity index (χ0v) is 17.2. The Morgan fingerprint density at radius 3 is 2.68 bits per heavy atom. The summed E-state index contributed by atoms with van der Waals surface area (Å²) < 4.78 is 2.15. The molecule has 0 aliphatic rings. The molecule has 0 saturated carbocycles. The summed E-state index contributed by atoms with van der Waals surface area (Å²) in [6.45, 7) is 4.93. The fraction of sp³-hybridized carbons (Fsp3) is 0.304. The molecular formula is C23H26N2O2S. The van der Waals surface area contributed by atoms with E-state index in [1.165, 1.54) is 11.1 Å². The molecule has 1 aromatic carbocycles. The molecule has 0 fully saturated rings. The first-order valence-electron chi connectivity index (χ1n) is 9.63. The van der Waals surface area contributed by atoms with Gasteiger partial charge in [0.2, 0.25) is 0 Å². The number of carboxylic acids is 1. The van der Waals surface area contributed by atoms with Crippen molar-refractivity contribution < 1.29 is 9.90 Å². The average Bonchev–Trinajstić information content (AvgIpc) is 3.32. The van der Waals surface area contributed by atoms with E-state index in [2.05, 4.69) is 47.7 Å². The first-order chi connectivity index (χ1) is 13.6. The third-order valence-electron chi connectivity index (χ3n) is 4.73. The van der Waals surface area contributed by atoms with Gasteiger partial charge < -0.3 is 9.67 Å². The second-order valence-electron chi connectivity index (χ2n) is 7.01. The lowest BCUT2D eigenvalue weighted by molar-refractivity contribution is -0.132. The Bertz CT molecular complexity index is 938. The number of benzene rings is 1. The van der Waals surface area contributed by atoms with Crippen LogP contribution in [-0.4, -0.2) is 20.6 Å². The molecule has 0 bridgehead atoms. The predicted molar refractivity (Wildman–Crippen MR) is 115 cm³/mol. The molecule has 3 aromatic rings. The van der Waals surface area contributed by atoms with Crippen LogP contribution in [0.1, 0.15) is 47.3 Å². The number of unbranched alkanes of at least 4 members (excludes halogenated alkanes) is 1. The van der Waals surface area contributed by atoms with Crippen molar-refractivity contribution in [3.63, 3.8) is 0 Å². The van der Waals surface area contributed by atoms with Gasteiger partial charge in [-0.15, -0.1) is 11.3 Å². The van der Waals surface area contributed by atoms with E-state index >= 15 is 0 Å². The third-order valence-corrected chi connectivity index (χ3v) is 5.60. The molecule has 146 valence electrons. The molecule has 0 unspecified atom stereocenters. The average molecular weight is 395 g/mol. The van der Waals surface area contributed by atoms with Crippen LogP contribution < -0.4 is 0 Å². The monoisotopic (exact) mass is 394 g/mol. The predicted octanol–water partition coefficient (Wildman–Crippen LogP) is 5.35. The van der Waals surface area contributed by atoms with Crippen LogP contribution in [0, 0.1) is 6.92 Å². The number of aromatic nitrogens is 2. The lowest BCUT2D eigenvalue weighted by Gasteiger charge is -2.12. The van der Waals surface area contributed by atoms with E-state index in [1.54, 1.807) is 23.6 Å². The van der Waals surface area contributed by atoms with Gasteiger partial charge in [0.05, 0.1) is 11.9 Å². The number of nitrogens with zero attached hydrogens (tertiary/aromatic N) is 2. The molecule has 3 rings (SSSR count). The summed E-state index contributed by atoms with van der Waals surface area (Å²) in [4.78, 5) is 17.5. The first-order valence-corrected chi connectivity index (χ1v) is 10.5. The maximum absolute atomic E-state index is 11.8. The Morgan fingerprint density at radius 2 is 2.04 bits per heavy atom. The Kier molecular flexibility index (Phi) is 6.82. The van der Waals surface area contributed by atoms with Gasteiger partial charge in [-0.3, -0.25) is 0 Å². The number of carboxylic acid groups (broad SMARTS) is 1. The Balaban J connectivity index is 1.94. The molecule has 0 atom stereocenters. The molecule has 28 heavy (non-hydrogen) atoms. The van der Waals surface area contributed by atoms with E-state index in [0.717, 1.165) is 35.7 Å². The van der Waals surface area contributed by atoms with Crippen LogP contribution in [0.3, 0.4) is 0 Å². The molecule has 2 heterocycles. The van der Waals surface area contributed by atoms with Crippen LogP contribution in [0.2, 0.25) is 0 Å². The molecule has 0 saturated heterocycles. The van der Waals surface area contributed by atoms with Crippen molar-refractivity contribution >= 4 is 23.4 Å². The van der Waals surface area contributed by atoms with Crippen molar-refractivity contribution in [1.82, 2.24) is 9.55 Å². The molecule has 0 spiro atoms. The van der Waals surface area contributed by atoms with E-state index in [4.69, 9.17) is 0 Å². The summed E-state index contributed by atoms with van der Waals surface area (Å²) in [5.41, 5.74) is 3.64. The highest BCUT2D eigenvalue weighted by molar-refractivity contribution is 7.09. The fourth-order valence-electron chi connectivity index (χ4n) is 3.11. The highest BCUT2D eigenvalue weighted by Crippen LogP contribution is 2.20. The van der Waals surface area contributed by atoms with Gasteiger partial charge in [-0.1, -0.05) is 49.2 Å². The Hall–Kier alpha value is -2.66. The second kappa shape index (κ2) is 9.51. The molecule has 2 aromatic heterocycles. The summed E-state index contributed by atoms with van der Waals surface area (Å²) in [5.74, 6) is 0.126. The Morgan fingerprint density at radius 1 is 1.25 bits per heavy atom. The second-order valence-corrected chi connectivity index (χ2v) is 8.04. The largest absolute Gasteiger partial charge is 0.478 e. The molecule has 5 heteroatoms. The number of hydrogen-bond donors (Lipinski definition) is 1. The number of thiophene rings is 1. The lowest BCUT2D eigenvalue weighted by atomic mass is 10.1. The minimum Gasteiger partial charge on any atom is -0.478 e. The van der Waals surface area contributed by atoms with Crippen molar-refractivity contribution in [1.29, 1.82) is 0 Å². The van der Waals surface area contributed by atoms with E-state index in [9.17, 15) is 9.90 Å². The SMILES string of the molecule is CCCCc1ncc(/C=C(\Cc2cccs2)C(=O)O)n1Cc1ccc(C)cc1. The number of aliphatic carboxylic acids is 1. The lowest BCUT2D eigenvalue weighted by Crippen LogP contribution is -2.09. The van der Waals surface area contributed by atoms with Crippen LogP contribution in [0.5, 0.6) is 0 Å². The van der Waals surface area contributed by atoms with Gasteiger partial charge in [0.15, 0.2) is 0 Å². The summed E-state index contributed by atoms with van der Waals surface area (Å²) >= 11 is 1.58. The number of carbonyl (C=O) groups is 1. The van der Waals surface area contributed by atoms with Gasteiger partial charge in [0.25, 0.3) is 0 Å². The van der Waals surface area contributed by atoms with Gasteiger partial charge >= 0.3 is 5.97 Å². The zero-order valence-electron chi connectivity index (χ0n) is 16.4. The summed E-state index contributed by atoms with van der Waals surface area (Å²) in [6, 6.07) is 12.4. The van der Waals surface area contributed by atoms with Gasteiger partial charge in [-0.05, 0) is 36.4 Å². The van der Waals surface area contributed by atoms with Gasteiger partial charge in [0.1, 0.15) is 5.82 Å². The van der Waals surface area contributed by atoms with Gasteiger partial charge in [-0.2, -0.15) is 0 Å². The molecular weight excluding hydrogens is 368 g/mol. The number of rotatable bonds is 9. The van der Waals surface area contributed by atoms with Gasteiger partial charge in [0, 0.05) is 29.8 Å². The fourth-order valence-corrected chi connectivity index (χ4v) is 3.83. The van der Waals surface area contributed by atoms with E-state index in [1.807, 2.05) is 17.5 Å². The molecule has 0 radical (unpaired) electrons. The van der Waals surface area contributed by atoms with Crippen molar-refractivity contribution in [2.75, 3.05) is 0 Å². The maximum Gasteiger partial charge on any atom is 0.332 e. The number of hydrogen-bond acceptors (Lipinski definition) is 3.